The first kappa shape index (κ1) is 13.5. The van der Waals surface area contributed by atoms with E-state index in [1.165, 1.54) is 12.8 Å². The van der Waals surface area contributed by atoms with Crippen molar-refractivity contribution in [3.05, 3.63) is 28.2 Å². The topological polar surface area (TPSA) is 35.2 Å². The summed E-state index contributed by atoms with van der Waals surface area (Å²) in [7, 11) is 0. The van der Waals surface area contributed by atoms with E-state index < -0.39 is 0 Å². The van der Waals surface area contributed by atoms with E-state index in [4.69, 9.17) is 10.5 Å². The number of anilines is 1. The van der Waals surface area contributed by atoms with Gasteiger partial charge in [-0.2, -0.15) is 0 Å². The van der Waals surface area contributed by atoms with Crippen molar-refractivity contribution in [2.24, 2.45) is 5.92 Å². The number of benzene rings is 1. The van der Waals surface area contributed by atoms with Crippen LogP contribution in [0.3, 0.4) is 0 Å². The number of rotatable bonds is 6. The second-order valence-electron chi connectivity index (χ2n) is 4.25. The van der Waals surface area contributed by atoms with Crippen LogP contribution in [0.4, 0.5) is 5.69 Å². The molecule has 0 aromatic heterocycles. The summed E-state index contributed by atoms with van der Waals surface area (Å²) in [6, 6.07) is 5.91. The van der Waals surface area contributed by atoms with Crippen molar-refractivity contribution >= 4 is 21.6 Å². The van der Waals surface area contributed by atoms with Crippen molar-refractivity contribution in [1.82, 2.24) is 0 Å². The Kier molecular flexibility index (Phi) is 5.85. The number of halogens is 1. The van der Waals surface area contributed by atoms with E-state index in [-0.39, 0.29) is 0 Å². The SMILES string of the molecule is CCCC(C)COCc1ccc(Br)cc1N. The van der Waals surface area contributed by atoms with E-state index in [0.717, 1.165) is 22.3 Å². The normalized spacial score (nSPS) is 12.7. The van der Waals surface area contributed by atoms with Crippen LogP contribution in [0.15, 0.2) is 22.7 Å². The molecule has 2 nitrogen and oxygen atoms in total. The molecular formula is C13H20BrNO. The van der Waals surface area contributed by atoms with E-state index in [9.17, 15) is 0 Å². The molecule has 0 aliphatic carbocycles. The molecule has 0 amide bonds. The Morgan fingerprint density at radius 3 is 2.81 bits per heavy atom. The summed E-state index contributed by atoms with van der Waals surface area (Å²) < 4.78 is 6.67. The molecule has 0 saturated carbocycles. The summed E-state index contributed by atoms with van der Waals surface area (Å²) in [5.74, 6) is 0.627. The van der Waals surface area contributed by atoms with Gasteiger partial charge in [0.25, 0.3) is 0 Å². The van der Waals surface area contributed by atoms with Crippen LogP contribution in [0.5, 0.6) is 0 Å². The molecule has 0 spiro atoms. The molecule has 90 valence electrons. The summed E-state index contributed by atoms with van der Waals surface area (Å²) in [5, 5.41) is 0. The zero-order valence-corrected chi connectivity index (χ0v) is 11.6. The minimum atomic E-state index is 0.604. The third-order valence-corrected chi connectivity index (χ3v) is 3.04. The number of nitrogen functional groups attached to an aromatic ring is 1. The number of hydrogen-bond donors (Lipinski definition) is 1. The molecule has 0 aliphatic heterocycles. The summed E-state index contributed by atoms with van der Waals surface area (Å²) in [6.07, 6.45) is 2.43. The molecule has 0 bridgehead atoms. The summed E-state index contributed by atoms with van der Waals surface area (Å²) in [5.41, 5.74) is 7.74. The minimum Gasteiger partial charge on any atom is -0.398 e. The molecule has 0 aliphatic rings. The van der Waals surface area contributed by atoms with Crippen LogP contribution >= 0.6 is 15.9 Å². The van der Waals surface area contributed by atoms with Crippen LogP contribution in [-0.2, 0) is 11.3 Å². The Hall–Kier alpha value is -0.540. The van der Waals surface area contributed by atoms with E-state index in [1.807, 2.05) is 18.2 Å². The lowest BCUT2D eigenvalue weighted by atomic mass is 10.1. The average Bonchev–Trinajstić information content (AvgIpc) is 2.22. The highest BCUT2D eigenvalue weighted by Gasteiger charge is 2.03. The molecule has 1 rings (SSSR count). The third kappa shape index (κ3) is 4.54. The molecular weight excluding hydrogens is 266 g/mol. The van der Waals surface area contributed by atoms with Gasteiger partial charge in [0.2, 0.25) is 0 Å². The summed E-state index contributed by atoms with van der Waals surface area (Å²) >= 11 is 3.39. The predicted octanol–water partition coefficient (Wildman–Crippen LogP) is 3.98. The number of hydrogen-bond acceptors (Lipinski definition) is 2. The average molecular weight is 286 g/mol. The van der Waals surface area contributed by atoms with Gasteiger partial charge in [0.05, 0.1) is 6.61 Å². The molecule has 0 radical (unpaired) electrons. The van der Waals surface area contributed by atoms with Crippen LogP contribution in [-0.4, -0.2) is 6.61 Å². The highest BCUT2D eigenvalue weighted by Crippen LogP contribution is 2.19. The predicted molar refractivity (Wildman–Crippen MR) is 72.3 cm³/mol. The van der Waals surface area contributed by atoms with Gasteiger partial charge < -0.3 is 10.5 Å². The van der Waals surface area contributed by atoms with Crippen molar-refractivity contribution < 1.29 is 4.74 Å². The molecule has 1 aromatic carbocycles. The van der Waals surface area contributed by atoms with Gasteiger partial charge in [-0.1, -0.05) is 42.3 Å². The summed E-state index contributed by atoms with van der Waals surface area (Å²) in [4.78, 5) is 0. The monoisotopic (exact) mass is 285 g/mol. The first-order valence-corrected chi connectivity index (χ1v) is 6.54. The molecule has 3 heteroatoms. The van der Waals surface area contributed by atoms with E-state index in [0.29, 0.717) is 12.5 Å². The van der Waals surface area contributed by atoms with Crippen LogP contribution in [0.1, 0.15) is 32.3 Å². The maximum atomic E-state index is 5.89. The van der Waals surface area contributed by atoms with Gasteiger partial charge in [-0.3, -0.25) is 0 Å². The number of ether oxygens (including phenoxy) is 1. The molecule has 0 fully saturated rings. The van der Waals surface area contributed by atoms with Gasteiger partial charge in [0, 0.05) is 22.3 Å². The van der Waals surface area contributed by atoms with E-state index in [2.05, 4.69) is 29.8 Å². The van der Waals surface area contributed by atoms with E-state index in [1.54, 1.807) is 0 Å². The molecule has 1 atom stereocenters. The third-order valence-electron chi connectivity index (χ3n) is 2.55. The van der Waals surface area contributed by atoms with Gasteiger partial charge in [0.15, 0.2) is 0 Å². The fraction of sp³-hybridized carbons (Fsp3) is 0.538. The van der Waals surface area contributed by atoms with Crippen LogP contribution in [0, 0.1) is 5.92 Å². The Balaban J connectivity index is 2.37. The highest BCUT2D eigenvalue weighted by molar-refractivity contribution is 9.10. The Bertz CT molecular complexity index is 328. The minimum absolute atomic E-state index is 0.604. The zero-order chi connectivity index (χ0) is 12.0. The fourth-order valence-electron chi connectivity index (χ4n) is 1.64. The standard InChI is InChI=1S/C13H20BrNO/c1-3-4-10(2)8-16-9-11-5-6-12(14)7-13(11)15/h5-7,10H,3-4,8-9,15H2,1-2H3. The van der Waals surface area contributed by atoms with Crippen LogP contribution < -0.4 is 5.73 Å². The molecule has 2 N–H and O–H groups in total. The van der Waals surface area contributed by atoms with Gasteiger partial charge >= 0.3 is 0 Å². The van der Waals surface area contributed by atoms with Crippen molar-refractivity contribution in [3.8, 4) is 0 Å². The molecule has 0 heterocycles. The molecule has 0 saturated heterocycles. The maximum absolute atomic E-state index is 5.89. The molecule has 1 unspecified atom stereocenters. The number of nitrogens with two attached hydrogens (primary N) is 1. The van der Waals surface area contributed by atoms with Gasteiger partial charge in [-0.05, 0) is 24.5 Å². The van der Waals surface area contributed by atoms with Gasteiger partial charge in [-0.25, -0.2) is 0 Å². The van der Waals surface area contributed by atoms with Crippen molar-refractivity contribution in [3.63, 3.8) is 0 Å². The van der Waals surface area contributed by atoms with Gasteiger partial charge in [0.1, 0.15) is 0 Å². The van der Waals surface area contributed by atoms with E-state index >= 15 is 0 Å². The molecule has 1 aromatic rings. The Morgan fingerprint density at radius 1 is 1.44 bits per heavy atom. The molecule has 16 heavy (non-hydrogen) atoms. The first-order valence-electron chi connectivity index (χ1n) is 5.75. The largest absolute Gasteiger partial charge is 0.398 e. The lowest BCUT2D eigenvalue weighted by Crippen LogP contribution is -2.06. The van der Waals surface area contributed by atoms with Crippen molar-refractivity contribution in [1.29, 1.82) is 0 Å². The van der Waals surface area contributed by atoms with Crippen LogP contribution in [0.25, 0.3) is 0 Å². The highest BCUT2D eigenvalue weighted by atomic mass is 79.9. The van der Waals surface area contributed by atoms with Crippen molar-refractivity contribution in [2.75, 3.05) is 12.3 Å². The van der Waals surface area contributed by atoms with Crippen LogP contribution in [0.2, 0.25) is 0 Å². The Labute approximate surface area is 106 Å². The first-order chi connectivity index (χ1) is 7.63. The lowest BCUT2D eigenvalue weighted by molar-refractivity contribution is 0.0897. The second-order valence-corrected chi connectivity index (χ2v) is 5.17. The lowest BCUT2D eigenvalue weighted by Gasteiger charge is -2.12. The Morgan fingerprint density at radius 2 is 2.19 bits per heavy atom. The zero-order valence-electron chi connectivity index (χ0n) is 10.0. The summed E-state index contributed by atoms with van der Waals surface area (Å²) in [6.45, 7) is 5.83. The fourth-order valence-corrected chi connectivity index (χ4v) is 2.02. The second kappa shape index (κ2) is 6.92. The quantitative estimate of drug-likeness (QED) is 0.803. The maximum Gasteiger partial charge on any atom is 0.0737 e. The van der Waals surface area contributed by atoms with Gasteiger partial charge in [-0.15, -0.1) is 0 Å². The smallest absolute Gasteiger partial charge is 0.0737 e. The van der Waals surface area contributed by atoms with Crippen molar-refractivity contribution in [2.45, 2.75) is 33.3 Å².